The fraction of sp³-hybridized carbons (Fsp3) is 0.261. The summed E-state index contributed by atoms with van der Waals surface area (Å²) in [6.45, 7) is 1.64. The first kappa shape index (κ1) is 21.8. The number of hydrogen-bond acceptors (Lipinski definition) is 6. The van der Waals surface area contributed by atoms with Crippen LogP contribution in [0.5, 0.6) is 0 Å². The average Bonchev–Trinajstić information content (AvgIpc) is 3.04. The lowest BCUT2D eigenvalue weighted by molar-refractivity contribution is -0.385. The molecular weight excluding hydrogens is 430 g/mol. The van der Waals surface area contributed by atoms with E-state index in [0.717, 1.165) is 4.90 Å². The van der Waals surface area contributed by atoms with Gasteiger partial charge < -0.3 is 5.32 Å². The molecule has 2 atom stereocenters. The predicted octanol–water partition coefficient (Wildman–Crippen LogP) is 4.09. The molecule has 2 aromatic rings. The number of nitro benzene ring substituents is 1. The molecule has 2 aromatic carbocycles. The van der Waals surface area contributed by atoms with Gasteiger partial charge in [0.2, 0.25) is 17.7 Å². The van der Waals surface area contributed by atoms with Gasteiger partial charge in [0.1, 0.15) is 0 Å². The first-order chi connectivity index (χ1) is 15.3. The van der Waals surface area contributed by atoms with E-state index < -0.39 is 4.92 Å². The number of benzene rings is 2. The average molecular weight is 452 g/mol. The summed E-state index contributed by atoms with van der Waals surface area (Å²) in [5.41, 5.74) is 1.38. The molecule has 0 saturated carbocycles. The zero-order valence-electron chi connectivity index (χ0n) is 17.3. The number of carbonyl (C=O) groups excluding carboxylic acids is 3. The third kappa shape index (κ3) is 4.29. The van der Waals surface area contributed by atoms with Crippen LogP contribution in [0.25, 0.3) is 0 Å². The molecule has 4 rings (SSSR count). The second-order valence-electron chi connectivity index (χ2n) is 7.76. The summed E-state index contributed by atoms with van der Waals surface area (Å²) in [6.07, 6.45) is 5.10. The Morgan fingerprint density at radius 2 is 1.72 bits per heavy atom. The van der Waals surface area contributed by atoms with Crippen molar-refractivity contribution in [3.8, 4) is 0 Å². The number of nitrogens with zero attached hydrogens (tertiary/aromatic N) is 2. The third-order valence-electron chi connectivity index (χ3n) is 5.66. The van der Waals surface area contributed by atoms with Gasteiger partial charge in [0.25, 0.3) is 5.69 Å². The summed E-state index contributed by atoms with van der Waals surface area (Å²) < 4.78 is 0. The van der Waals surface area contributed by atoms with E-state index in [4.69, 9.17) is 0 Å². The van der Waals surface area contributed by atoms with Crippen molar-refractivity contribution in [1.29, 1.82) is 0 Å². The van der Waals surface area contributed by atoms with Crippen molar-refractivity contribution in [1.82, 2.24) is 0 Å². The normalized spacial score (nSPS) is 19.7. The number of nitrogens with one attached hydrogen (secondary N) is 1. The number of anilines is 2. The molecule has 1 fully saturated rings. The summed E-state index contributed by atoms with van der Waals surface area (Å²) in [6, 6.07) is 11.5. The Labute approximate surface area is 188 Å². The molecule has 1 aliphatic heterocycles. The molecule has 2 aliphatic rings. The molecule has 1 aliphatic carbocycles. The van der Waals surface area contributed by atoms with Gasteiger partial charge in [-0.15, -0.1) is 11.8 Å². The van der Waals surface area contributed by atoms with E-state index in [9.17, 15) is 24.5 Å². The minimum atomic E-state index is -0.484. The van der Waals surface area contributed by atoms with Crippen molar-refractivity contribution in [2.45, 2.75) is 24.7 Å². The molecule has 1 N–H and O–H groups in total. The lowest BCUT2D eigenvalue weighted by Crippen LogP contribution is -2.30. The van der Waals surface area contributed by atoms with Gasteiger partial charge in [-0.3, -0.25) is 29.4 Å². The van der Waals surface area contributed by atoms with Crippen molar-refractivity contribution >= 4 is 46.5 Å². The molecule has 0 bridgehead atoms. The zero-order valence-corrected chi connectivity index (χ0v) is 18.1. The maximum atomic E-state index is 12.7. The van der Waals surface area contributed by atoms with E-state index in [1.54, 1.807) is 43.3 Å². The SMILES string of the molecule is Cc1ccc(NC(=O)CSc2ccc(N3C(=O)[C@H]4CC=CC[C@H]4C3=O)cc2)cc1[N+](=O)[O-]. The number of fused-ring (bicyclic) bond motifs is 1. The molecule has 0 aromatic heterocycles. The maximum absolute atomic E-state index is 12.7. The van der Waals surface area contributed by atoms with Gasteiger partial charge in [-0.25, -0.2) is 0 Å². The summed E-state index contributed by atoms with van der Waals surface area (Å²) in [4.78, 5) is 50.3. The Morgan fingerprint density at radius 3 is 2.31 bits per heavy atom. The molecule has 8 nitrogen and oxygen atoms in total. The van der Waals surface area contributed by atoms with E-state index in [-0.39, 0.29) is 41.0 Å². The van der Waals surface area contributed by atoms with E-state index in [1.807, 2.05) is 12.2 Å². The van der Waals surface area contributed by atoms with E-state index in [2.05, 4.69) is 5.32 Å². The van der Waals surface area contributed by atoms with Crippen LogP contribution in [0.2, 0.25) is 0 Å². The Morgan fingerprint density at radius 1 is 1.09 bits per heavy atom. The zero-order chi connectivity index (χ0) is 22.8. The number of rotatable bonds is 6. The van der Waals surface area contributed by atoms with Crippen molar-refractivity contribution in [2.75, 3.05) is 16.0 Å². The fourth-order valence-corrected chi connectivity index (χ4v) is 4.67. The van der Waals surface area contributed by atoms with Crippen LogP contribution in [0, 0.1) is 28.9 Å². The van der Waals surface area contributed by atoms with Crippen molar-refractivity contribution < 1.29 is 19.3 Å². The van der Waals surface area contributed by atoms with E-state index >= 15 is 0 Å². The summed E-state index contributed by atoms with van der Waals surface area (Å²) >= 11 is 1.29. The highest BCUT2D eigenvalue weighted by molar-refractivity contribution is 8.00. The molecule has 9 heteroatoms. The van der Waals surface area contributed by atoms with Crippen molar-refractivity contribution in [3.63, 3.8) is 0 Å². The fourth-order valence-electron chi connectivity index (χ4n) is 3.98. The van der Waals surface area contributed by atoms with Gasteiger partial charge in [-0.2, -0.15) is 0 Å². The predicted molar refractivity (Wildman–Crippen MR) is 121 cm³/mol. The second-order valence-corrected chi connectivity index (χ2v) is 8.81. The Hall–Kier alpha value is -3.46. The lowest BCUT2D eigenvalue weighted by atomic mass is 9.85. The number of thioether (sulfide) groups is 1. The summed E-state index contributed by atoms with van der Waals surface area (Å²) in [7, 11) is 0. The van der Waals surface area contributed by atoms with E-state index in [0.29, 0.717) is 29.8 Å². The molecule has 1 heterocycles. The van der Waals surface area contributed by atoms with Crippen molar-refractivity contribution in [3.05, 3.63) is 70.3 Å². The minimum absolute atomic E-state index is 0.0485. The topological polar surface area (TPSA) is 110 Å². The molecular formula is C23H21N3O5S. The largest absolute Gasteiger partial charge is 0.325 e. The van der Waals surface area contributed by atoms with Crippen LogP contribution in [0.15, 0.2) is 59.5 Å². The lowest BCUT2D eigenvalue weighted by Gasteiger charge is -2.15. The number of aryl methyl sites for hydroxylation is 1. The quantitative estimate of drug-likeness (QED) is 0.233. The molecule has 1 saturated heterocycles. The van der Waals surface area contributed by atoms with Crippen LogP contribution < -0.4 is 10.2 Å². The van der Waals surface area contributed by atoms with Gasteiger partial charge >= 0.3 is 0 Å². The second kappa shape index (κ2) is 8.96. The van der Waals surface area contributed by atoms with Crippen LogP contribution >= 0.6 is 11.8 Å². The van der Waals surface area contributed by atoms with Crippen LogP contribution in [-0.2, 0) is 14.4 Å². The molecule has 0 unspecified atom stereocenters. The first-order valence-electron chi connectivity index (χ1n) is 10.2. The van der Waals surface area contributed by atoms with Gasteiger partial charge in [-0.1, -0.05) is 18.2 Å². The highest BCUT2D eigenvalue weighted by Gasteiger charge is 2.47. The molecule has 164 valence electrons. The van der Waals surface area contributed by atoms with Gasteiger partial charge in [0.05, 0.1) is 28.2 Å². The van der Waals surface area contributed by atoms with Crippen LogP contribution in [-0.4, -0.2) is 28.4 Å². The Bertz CT molecular complexity index is 1100. The number of hydrogen-bond donors (Lipinski definition) is 1. The highest BCUT2D eigenvalue weighted by Crippen LogP contribution is 2.38. The number of carbonyl (C=O) groups is 3. The molecule has 3 amide bonds. The maximum Gasteiger partial charge on any atom is 0.274 e. The standard InChI is InChI=1S/C23H21N3O5S/c1-14-6-7-15(12-20(14)26(30)31)24-21(27)13-32-17-10-8-16(9-11-17)25-22(28)18-4-2-3-5-19(18)23(25)29/h2-3,6-12,18-19H,4-5,13H2,1H3,(H,24,27)/t18-,19+. The number of imide groups is 1. The van der Waals surface area contributed by atoms with Gasteiger partial charge in [0.15, 0.2) is 0 Å². The van der Waals surface area contributed by atoms with Crippen LogP contribution in [0.4, 0.5) is 17.1 Å². The van der Waals surface area contributed by atoms with Gasteiger partial charge in [-0.05, 0) is 50.1 Å². The number of nitro groups is 1. The van der Waals surface area contributed by atoms with Crippen LogP contribution in [0.3, 0.4) is 0 Å². The summed E-state index contributed by atoms with van der Waals surface area (Å²) in [5, 5.41) is 13.7. The van der Waals surface area contributed by atoms with Gasteiger partial charge in [0, 0.05) is 22.2 Å². The monoisotopic (exact) mass is 451 g/mol. The smallest absolute Gasteiger partial charge is 0.274 e. The number of allylic oxidation sites excluding steroid dienone is 2. The molecule has 32 heavy (non-hydrogen) atoms. The first-order valence-corrected chi connectivity index (χ1v) is 11.1. The summed E-state index contributed by atoms with van der Waals surface area (Å²) in [5.74, 6) is -1.05. The number of amides is 3. The molecule has 0 spiro atoms. The van der Waals surface area contributed by atoms with E-state index in [1.165, 1.54) is 22.7 Å². The molecule has 0 radical (unpaired) electrons. The third-order valence-corrected chi connectivity index (χ3v) is 6.67. The highest BCUT2D eigenvalue weighted by atomic mass is 32.2. The minimum Gasteiger partial charge on any atom is -0.325 e. The Kier molecular flexibility index (Phi) is 6.09. The van der Waals surface area contributed by atoms with Crippen molar-refractivity contribution in [2.24, 2.45) is 11.8 Å². The Balaban J connectivity index is 1.36. The van der Waals surface area contributed by atoms with Crippen LogP contribution in [0.1, 0.15) is 18.4 Å².